The average molecular weight is 470 g/mol. The number of nitrogens with one attached hydrogen (secondary N) is 3. The number of hydrogen-bond acceptors (Lipinski definition) is 8. The maximum atomic E-state index is 13.2. The fourth-order valence-electron chi connectivity index (χ4n) is 3.69. The molecule has 0 saturated carbocycles. The van der Waals surface area contributed by atoms with Crippen molar-refractivity contribution in [3.05, 3.63) is 74.6 Å². The lowest BCUT2D eigenvalue weighted by Crippen LogP contribution is -2.32. The van der Waals surface area contributed by atoms with Gasteiger partial charge in [-0.05, 0) is 13.8 Å². The SMILES string of the molecule is C=CCSc1nc2c(c(=O)[nH]1)C(c1cnn(CC)c1C)c1c(nc(SCC=C)[nH]c1=O)N2. The minimum absolute atomic E-state index is 0.308. The number of anilines is 2. The maximum Gasteiger partial charge on any atom is 0.257 e. The Morgan fingerprint density at radius 3 is 2.00 bits per heavy atom. The molecule has 11 heteroatoms. The fraction of sp³-hybridized carbons (Fsp3) is 0.286. The van der Waals surface area contributed by atoms with E-state index in [-0.39, 0.29) is 11.1 Å². The van der Waals surface area contributed by atoms with E-state index in [9.17, 15) is 9.59 Å². The van der Waals surface area contributed by atoms with Crippen LogP contribution in [0.4, 0.5) is 11.6 Å². The van der Waals surface area contributed by atoms with Crippen molar-refractivity contribution in [1.29, 1.82) is 0 Å². The Morgan fingerprint density at radius 1 is 1.03 bits per heavy atom. The zero-order chi connectivity index (χ0) is 22.8. The first-order chi connectivity index (χ1) is 15.5. The van der Waals surface area contributed by atoms with Crippen molar-refractivity contribution < 1.29 is 0 Å². The Kier molecular flexibility index (Phi) is 6.38. The first-order valence-electron chi connectivity index (χ1n) is 10.0. The van der Waals surface area contributed by atoms with Gasteiger partial charge in [0, 0.05) is 29.3 Å². The third-order valence-electron chi connectivity index (χ3n) is 5.11. The van der Waals surface area contributed by atoms with Crippen LogP contribution in [0.15, 0.2) is 51.4 Å². The number of aryl methyl sites for hydroxylation is 1. The van der Waals surface area contributed by atoms with Gasteiger partial charge in [0.1, 0.15) is 11.6 Å². The van der Waals surface area contributed by atoms with E-state index in [0.717, 1.165) is 11.3 Å². The lowest BCUT2D eigenvalue weighted by Gasteiger charge is -2.26. The van der Waals surface area contributed by atoms with Gasteiger partial charge in [-0.1, -0.05) is 35.7 Å². The monoisotopic (exact) mass is 469 g/mol. The van der Waals surface area contributed by atoms with Crippen LogP contribution in [-0.4, -0.2) is 41.2 Å². The van der Waals surface area contributed by atoms with Crippen molar-refractivity contribution in [3.63, 3.8) is 0 Å². The highest BCUT2D eigenvalue weighted by atomic mass is 32.2. The molecule has 4 heterocycles. The van der Waals surface area contributed by atoms with Crippen LogP contribution in [0.5, 0.6) is 0 Å². The fourth-order valence-corrected chi connectivity index (χ4v) is 4.89. The lowest BCUT2D eigenvalue weighted by atomic mass is 9.84. The Labute approximate surface area is 192 Å². The highest BCUT2D eigenvalue weighted by Crippen LogP contribution is 2.41. The molecule has 0 aliphatic carbocycles. The molecule has 0 saturated heterocycles. The molecular weight excluding hydrogens is 446 g/mol. The standard InChI is InChI=1S/C21H23N7O2S2/c1-5-8-31-20-24-16-14(18(29)26-20)13(12-10-22-28(7-3)11(12)4)15-17(23-16)25-21(27-19(15)30)32-9-6-2/h5-6,10,13H,1-2,7-9H2,3-4H3,(H3,23,24,25,26,27,29,30). The highest BCUT2D eigenvalue weighted by Gasteiger charge is 2.36. The van der Waals surface area contributed by atoms with E-state index < -0.39 is 5.92 Å². The van der Waals surface area contributed by atoms with Gasteiger partial charge in [-0.25, -0.2) is 9.97 Å². The normalized spacial score (nSPS) is 12.7. The molecule has 3 aromatic rings. The minimum Gasteiger partial charge on any atom is -0.324 e. The second-order valence-corrected chi connectivity index (χ2v) is 9.04. The predicted octanol–water partition coefficient (Wildman–Crippen LogP) is 3.17. The molecule has 0 fully saturated rings. The molecule has 166 valence electrons. The van der Waals surface area contributed by atoms with E-state index >= 15 is 0 Å². The molecule has 9 nitrogen and oxygen atoms in total. The largest absolute Gasteiger partial charge is 0.324 e. The number of rotatable bonds is 8. The molecule has 0 amide bonds. The van der Waals surface area contributed by atoms with E-state index in [1.165, 1.54) is 23.5 Å². The molecule has 3 N–H and O–H groups in total. The third-order valence-corrected chi connectivity index (χ3v) is 6.85. The summed E-state index contributed by atoms with van der Waals surface area (Å²) in [5, 5.41) is 8.50. The van der Waals surface area contributed by atoms with Crippen molar-refractivity contribution in [2.75, 3.05) is 16.8 Å². The van der Waals surface area contributed by atoms with E-state index in [2.05, 4.69) is 43.5 Å². The van der Waals surface area contributed by atoms with Crippen LogP contribution in [0.1, 0.15) is 35.2 Å². The number of aromatic amines is 2. The summed E-state index contributed by atoms with van der Waals surface area (Å²) in [5.74, 6) is 1.33. The summed E-state index contributed by atoms with van der Waals surface area (Å²) in [6.45, 7) is 12.0. The number of hydrogen-bond donors (Lipinski definition) is 3. The van der Waals surface area contributed by atoms with E-state index in [1.54, 1.807) is 18.3 Å². The predicted molar refractivity (Wildman–Crippen MR) is 128 cm³/mol. The summed E-state index contributed by atoms with van der Waals surface area (Å²) in [5.41, 5.74) is 1.78. The van der Waals surface area contributed by atoms with Gasteiger partial charge in [-0.2, -0.15) is 5.10 Å². The molecule has 1 aliphatic rings. The van der Waals surface area contributed by atoms with Crippen LogP contribution in [-0.2, 0) is 6.54 Å². The molecule has 3 aromatic heterocycles. The van der Waals surface area contributed by atoms with Crippen LogP contribution in [0.25, 0.3) is 0 Å². The van der Waals surface area contributed by atoms with Crippen LogP contribution in [0.2, 0.25) is 0 Å². The Bertz CT molecular complexity index is 1230. The Balaban J connectivity index is 1.95. The summed E-state index contributed by atoms with van der Waals surface area (Å²) < 4.78 is 1.84. The quantitative estimate of drug-likeness (QED) is 0.204. The van der Waals surface area contributed by atoms with Gasteiger partial charge in [0.2, 0.25) is 0 Å². The van der Waals surface area contributed by atoms with Gasteiger partial charge < -0.3 is 15.3 Å². The smallest absolute Gasteiger partial charge is 0.257 e. The van der Waals surface area contributed by atoms with E-state index in [1.807, 2.05) is 18.5 Å². The van der Waals surface area contributed by atoms with Crippen molar-refractivity contribution >= 4 is 35.2 Å². The second kappa shape index (κ2) is 9.21. The Hall–Kier alpha value is -3.05. The molecule has 0 atom stereocenters. The van der Waals surface area contributed by atoms with E-state index in [0.29, 0.717) is 51.1 Å². The molecule has 1 aliphatic heterocycles. The summed E-state index contributed by atoms with van der Waals surface area (Å²) in [4.78, 5) is 41.3. The number of H-pyrrole nitrogens is 2. The molecule has 32 heavy (non-hydrogen) atoms. The van der Waals surface area contributed by atoms with Crippen molar-refractivity contribution in [2.45, 2.75) is 36.6 Å². The topological polar surface area (TPSA) is 121 Å². The minimum atomic E-state index is -0.647. The van der Waals surface area contributed by atoms with Crippen LogP contribution >= 0.6 is 23.5 Å². The van der Waals surface area contributed by atoms with Crippen molar-refractivity contribution in [3.8, 4) is 0 Å². The van der Waals surface area contributed by atoms with Gasteiger partial charge in [-0.15, -0.1) is 13.2 Å². The zero-order valence-electron chi connectivity index (χ0n) is 17.8. The first-order valence-corrected chi connectivity index (χ1v) is 12.0. The molecular formula is C21H23N7O2S2. The number of fused-ring (bicyclic) bond motifs is 2. The third kappa shape index (κ3) is 3.93. The zero-order valence-corrected chi connectivity index (χ0v) is 19.4. The Morgan fingerprint density at radius 2 is 1.56 bits per heavy atom. The highest BCUT2D eigenvalue weighted by molar-refractivity contribution is 7.99. The van der Waals surface area contributed by atoms with Gasteiger partial charge in [-0.3, -0.25) is 14.3 Å². The van der Waals surface area contributed by atoms with Crippen LogP contribution in [0, 0.1) is 6.92 Å². The molecule has 0 bridgehead atoms. The summed E-state index contributed by atoms with van der Waals surface area (Å²) in [7, 11) is 0. The number of nitrogens with zero attached hydrogens (tertiary/aromatic N) is 4. The van der Waals surface area contributed by atoms with Gasteiger partial charge >= 0.3 is 0 Å². The number of aromatic nitrogens is 6. The summed E-state index contributed by atoms with van der Waals surface area (Å²) >= 11 is 2.74. The summed E-state index contributed by atoms with van der Waals surface area (Å²) in [6.07, 6.45) is 5.19. The first kappa shape index (κ1) is 22.2. The van der Waals surface area contributed by atoms with Gasteiger partial charge in [0.05, 0.1) is 23.2 Å². The van der Waals surface area contributed by atoms with Gasteiger partial charge in [0.25, 0.3) is 11.1 Å². The van der Waals surface area contributed by atoms with Crippen LogP contribution in [0.3, 0.4) is 0 Å². The lowest BCUT2D eigenvalue weighted by molar-refractivity contribution is 0.637. The van der Waals surface area contributed by atoms with Crippen LogP contribution < -0.4 is 16.4 Å². The van der Waals surface area contributed by atoms with Crippen molar-refractivity contribution in [2.24, 2.45) is 0 Å². The molecule has 4 rings (SSSR count). The molecule has 0 aromatic carbocycles. The molecule has 0 spiro atoms. The van der Waals surface area contributed by atoms with Crippen molar-refractivity contribution in [1.82, 2.24) is 29.7 Å². The molecule has 0 unspecified atom stereocenters. The molecule has 0 radical (unpaired) electrons. The average Bonchev–Trinajstić information content (AvgIpc) is 3.14. The second-order valence-electron chi connectivity index (χ2n) is 7.03. The maximum absolute atomic E-state index is 13.2. The van der Waals surface area contributed by atoms with Gasteiger partial charge in [0.15, 0.2) is 10.3 Å². The number of thioether (sulfide) groups is 2. The van der Waals surface area contributed by atoms with E-state index in [4.69, 9.17) is 0 Å². The summed E-state index contributed by atoms with van der Waals surface area (Å²) in [6, 6.07) is 0.